The van der Waals surface area contributed by atoms with Crippen molar-refractivity contribution in [3.63, 3.8) is 0 Å². The molecule has 0 unspecified atom stereocenters. The van der Waals surface area contributed by atoms with Crippen molar-refractivity contribution < 1.29 is 14.7 Å². The Morgan fingerprint density at radius 1 is 1.08 bits per heavy atom. The molecule has 0 amide bonds. The lowest BCUT2D eigenvalue weighted by molar-refractivity contribution is -0.425. The fourth-order valence-electron chi connectivity index (χ4n) is 0.786. The monoisotopic (exact) mass is 185 g/mol. The first-order chi connectivity index (χ1) is 5.47. The summed E-state index contributed by atoms with van der Waals surface area (Å²) in [5.74, 6) is 0. The molecule has 1 rings (SSSR count). The lowest BCUT2D eigenvalue weighted by Gasteiger charge is -2.41. The predicted molar refractivity (Wildman–Crippen MR) is 41.7 cm³/mol. The van der Waals surface area contributed by atoms with Gasteiger partial charge in [-0.1, -0.05) is 25.8 Å². The van der Waals surface area contributed by atoms with Crippen LogP contribution in [-0.4, -0.2) is 0 Å². The van der Waals surface area contributed by atoms with Crippen LogP contribution in [0.1, 0.15) is 5.56 Å². The molecule has 5 heteroatoms. The van der Waals surface area contributed by atoms with E-state index in [1.165, 1.54) is 12.1 Å². The quantitative estimate of drug-likeness (QED) is 0.609. The van der Waals surface area contributed by atoms with Gasteiger partial charge in [-0.25, -0.2) is 0 Å². The second-order valence-corrected chi connectivity index (χ2v) is 3.69. The number of benzene rings is 1. The third-order valence-electron chi connectivity index (χ3n) is 1.32. The maximum absolute atomic E-state index is 10.2. The minimum atomic E-state index is -4.65. The highest BCUT2D eigenvalue weighted by Crippen LogP contribution is 2.29. The summed E-state index contributed by atoms with van der Waals surface area (Å²) in [4.78, 5) is 30.7. The van der Waals surface area contributed by atoms with Gasteiger partial charge in [0.25, 0.3) is 0 Å². The second-order valence-electron chi connectivity index (χ2n) is 2.48. The Kier molecular flexibility index (Phi) is 2.65. The smallest absolute Gasteiger partial charge is 0.0689 e. The van der Waals surface area contributed by atoms with E-state index in [1.54, 1.807) is 12.1 Å². The molecule has 0 aliphatic heterocycles. The molecular weight excluding hydrogens is 177 g/mol. The standard InChI is InChI=1S/C7H10NO3P/c1-6-2-4-7(5-3-6)8-12(9,10)11/h2-5H,1H3,(H3,8,9,10,11)/p-2. The summed E-state index contributed by atoms with van der Waals surface area (Å²) in [6.07, 6.45) is 0. The Labute approximate surface area is 71.1 Å². The molecule has 0 heterocycles. The van der Waals surface area contributed by atoms with Gasteiger partial charge in [0.1, 0.15) is 0 Å². The lowest BCUT2D eigenvalue weighted by Crippen LogP contribution is -2.37. The Morgan fingerprint density at radius 3 is 2.00 bits per heavy atom. The fraction of sp³-hybridized carbons (Fsp3) is 0.143. The molecule has 1 aromatic rings. The van der Waals surface area contributed by atoms with E-state index in [1.807, 2.05) is 12.0 Å². The summed E-state index contributed by atoms with van der Waals surface area (Å²) >= 11 is 0. The van der Waals surface area contributed by atoms with Crippen molar-refractivity contribution in [1.29, 1.82) is 0 Å². The maximum Gasteiger partial charge on any atom is 0.0689 e. The third kappa shape index (κ3) is 3.15. The van der Waals surface area contributed by atoms with Crippen molar-refractivity contribution in [3.05, 3.63) is 29.8 Å². The second kappa shape index (κ2) is 3.37. The first-order valence-corrected chi connectivity index (χ1v) is 4.89. The van der Waals surface area contributed by atoms with E-state index in [0.29, 0.717) is 5.69 Å². The van der Waals surface area contributed by atoms with E-state index in [-0.39, 0.29) is 0 Å². The summed E-state index contributed by atoms with van der Waals surface area (Å²) in [5, 5.41) is 1.85. The molecule has 0 radical (unpaired) electrons. The van der Waals surface area contributed by atoms with Gasteiger partial charge in [0.15, 0.2) is 0 Å². The van der Waals surface area contributed by atoms with Crippen molar-refractivity contribution in [2.24, 2.45) is 0 Å². The molecule has 0 fully saturated rings. The molecule has 1 aromatic carbocycles. The minimum absolute atomic E-state index is 0.300. The predicted octanol–water partition coefficient (Wildman–Crippen LogP) is -0.835. The van der Waals surface area contributed by atoms with E-state index in [2.05, 4.69) is 0 Å². The summed E-state index contributed by atoms with van der Waals surface area (Å²) in [5.41, 5.74) is 1.31. The largest absolute Gasteiger partial charge is 0.669 e. The number of anilines is 1. The van der Waals surface area contributed by atoms with Crippen LogP contribution in [0, 0.1) is 6.92 Å². The van der Waals surface area contributed by atoms with Gasteiger partial charge in [0.2, 0.25) is 0 Å². The van der Waals surface area contributed by atoms with Crippen LogP contribution in [0.25, 0.3) is 0 Å². The normalized spacial score (nSPS) is 11.3. The van der Waals surface area contributed by atoms with E-state index < -0.39 is 8.09 Å². The van der Waals surface area contributed by atoms with Crippen LogP contribution < -0.4 is 19.8 Å². The highest BCUT2D eigenvalue weighted by Gasteiger charge is 1.96. The van der Waals surface area contributed by atoms with Crippen LogP contribution in [0.3, 0.4) is 0 Å². The molecule has 0 aromatic heterocycles. The van der Waals surface area contributed by atoms with Crippen LogP contribution in [0.15, 0.2) is 24.3 Å². The molecule has 0 saturated heterocycles. The molecular formula is C7H8NO3P-2. The molecule has 0 aliphatic rings. The molecule has 1 N–H and O–H groups in total. The van der Waals surface area contributed by atoms with Gasteiger partial charge in [-0.3, -0.25) is 5.09 Å². The van der Waals surface area contributed by atoms with Crippen molar-refractivity contribution in [2.45, 2.75) is 6.92 Å². The van der Waals surface area contributed by atoms with Gasteiger partial charge in [-0.2, -0.15) is 0 Å². The average molecular weight is 185 g/mol. The van der Waals surface area contributed by atoms with Crippen molar-refractivity contribution in [3.8, 4) is 0 Å². The van der Waals surface area contributed by atoms with Gasteiger partial charge < -0.3 is 14.7 Å². The Bertz CT molecular complexity index is 254. The van der Waals surface area contributed by atoms with Gasteiger partial charge in [-0.05, 0) is 19.1 Å². The zero-order chi connectivity index (χ0) is 9.19. The SMILES string of the molecule is Cc1ccc(N[P+]([O-])([O-])[O-])cc1. The zero-order valence-electron chi connectivity index (χ0n) is 6.48. The van der Waals surface area contributed by atoms with E-state index in [4.69, 9.17) is 0 Å². The van der Waals surface area contributed by atoms with E-state index >= 15 is 0 Å². The number of hydrogen-bond donors (Lipinski definition) is 1. The van der Waals surface area contributed by atoms with E-state index in [0.717, 1.165) is 5.56 Å². The molecule has 0 atom stereocenters. The molecule has 0 bridgehead atoms. The number of nitrogens with one attached hydrogen (secondary N) is 1. The molecule has 66 valence electrons. The summed E-state index contributed by atoms with van der Waals surface area (Å²) in [7, 11) is -4.65. The van der Waals surface area contributed by atoms with Gasteiger partial charge in [0, 0.05) is 0 Å². The molecule has 0 spiro atoms. The fourth-order valence-corrected chi connectivity index (χ4v) is 1.25. The maximum atomic E-state index is 10.2. The average Bonchev–Trinajstić information content (AvgIpc) is 1.91. The lowest BCUT2D eigenvalue weighted by atomic mass is 10.2. The van der Waals surface area contributed by atoms with Gasteiger partial charge in [0.05, 0.1) is 5.69 Å². The highest BCUT2D eigenvalue weighted by atomic mass is 31.2. The summed E-state index contributed by atoms with van der Waals surface area (Å²) < 4.78 is 0. The Hall–Kier alpha value is -0.670. The Morgan fingerprint density at radius 2 is 1.58 bits per heavy atom. The molecule has 0 aliphatic carbocycles. The zero-order valence-corrected chi connectivity index (χ0v) is 7.38. The van der Waals surface area contributed by atoms with Crippen LogP contribution in [0.4, 0.5) is 5.69 Å². The van der Waals surface area contributed by atoms with Crippen LogP contribution in [0.2, 0.25) is 0 Å². The van der Waals surface area contributed by atoms with Crippen molar-refractivity contribution >= 4 is 13.8 Å². The first-order valence-electron chi connectivity index (χ1n) is 3.34. The minimum Gasteiger partial charge on any atom is -0.669 e. The number of hydrogen-bond acceptors (Lipinski definition) is 4. The van der Waals surface area contributed by atoms with Gasteiger partial charge in [-0.15, -0.1) is 0 Å². The van der Waals surface area contributed by atoms with Crippen LogP contribution >= 0.6 is 8.09 Å². The number of rotatable bonds is 2. The van der Waals surface area contributed by atoms with E-state index in [9.17, 15) is 14.7 Å². The molecule has 0 saturated carbocycles. The molecule has 4 nitrogen and oxygen atoms in total. The number of aryl methyl sites for hydroxylation is 1. The Balaban J connectivity index is 2.71. The third-order valence-corrected chi connectivity index (χ3v) is 1.85. The molecule has 12 heavy (non-hydrogen) atoms. The first kappa shape index (κ1) is 9.42. The van der Waals surface area contributed by atoms with Crippen LogP contribution in [-0.2, 0) is 0 Å². The summed E-state index contributed by atoms with van der Waals surface area (Å²) in [6.45, 7) is 1.87. The summed E-state index contributed by atoms with van der Waals surface area (Å²) in [6, 6.07) is 6.52. The van der Waals surface area contributed by atoms with Gasteiger partial charge >= 0.3 is 0 Å². The van der Waals surface area contributed by atoms with Crippen molar-refractivity contribution in [1.82, 2.24) is 0 Å². The van der Waals surface area contributed by atoms with Crippen LogP contribution in [0.5, 0.6) is 0 Å². The topological polar surface area (TPSA) is 81.2 Å². The van der Waals surface area contributed by atoms with Crippen molar-refractivity contribution in [2.75, 3.05) is 5.09 Å². The highest BCUT2D eigenvalue weighted by molar-refractivity contribution is 7.55.